The molecule has 0 radical (unpaired) electrons. The maximum atomic E-state index is 11.8. The molecule has 1 atom stereocenters. The summed E-state index contributed by atoms with van der Waals surface area (Å²) in [5.41, 5.74) is 0.771. The molecule has 96 valence electrons. The molecule has 0 bridgehead atoms. The van der Waals surface area contributed by atoms with Crippen molar-refractivity contribution in [3.8, 4) is 0 Å². The number of carbonyl (C=O) groups excluding carboxylic acids is 1. The molecule has 2 rings (SSSR count). The van der Waals surface area contributed by atoms with Gasteiger partial charge in [-0.15, -0.1) is 24.8 Å². The molecule has 1 amide bonds. The van der Waals surface area contributed by atoms with E-state index in [2.05, 4.69) is 15.6 Å². The molecule has 4 nitrogen and oxygen atoms in total. The largest absolute Gasteiger partial charge is 0.324 e. The predicted molar refractivity (Wildman–Crippen MR) is 73.0 cm³/mol. The van der Waals surface area contributed by atoms with Gasteiger partial charge in [-0.3, -0.25) is 9.78 Å². The number of pyridine rings is 1. The minimum absolute atomic E-state index is 0. The lowest BCUT2D eigenvalue weighted by molar-refractivity contribution is -0.120. The van der Waals surface area contributed by atoms with E-state index in [1.165, 1.54) is 0 Å². The minimum Gasteiger partial charge on any atom is -0.324 e. The molecule has 0 aliphatic carbocycles. The highest BCUT2D eigenvalue weighted by Gasteiger charge is 2.20. The smallest absolute Gasteiger partial charge is 0.228 e. The minimum atomic E-state index is 0. The molecule has 6 heteroatoms. The van der Waals surface area contributed by atoms with Crippen molar-refractivity contribution >= 4 is 36.4 Å². The molecule has 1 aliphatic heterocycles. The first kappa shape index (κ1) is 16.2. The highest BCUT2D eigenvalue weighted by molar-refractivity contribution is 5.92. The molecule has 1 saturated heterocycles. The normalized spacial score (nSPS) is 18.5. The summed E-state index contributed by atoms with van der Waals surface area (Å²) in [6.07, 6.45) is 5.40. The fourth-order valence-corrected chi connectivity index (χ4v) is 1.76. The summed E-state index contributed by atoms with van der Waals surface area (Å²) in [6.45, 7) is 1.81. The van der Waals surface area contributed by atoms with E-state index in [0.717, 1.165) is 31.6 Å². The average molecular weight is 278 g/mol. The Morgan fingerprint density at radius 2 is 2.29 bits per heavy atom. The Kier molecular flexibility index (Phi) is 7.87. The molecular weight excluding hydrogens is 261 g/mol. The second-order valence-electron chi connectivity index (χ2n) is 3.77. The van der Waals surface area contributed by atoms with Crippen LogP contribution < -0.4 is 10.6 Å². The number of nitrogens with one attached hydrogen (secondary N) is 2. The monoisotopic (exact) mass is 277 g/mol. The van der Waals surface area contributed by atoms with Crippen molar-refractivity contribution in [2.24, 2.45) is 5.92 Å². The number of piperidine rings is 1. The van der Waals surface area contributed by atoms with Gasteiger partial charge >= 0.3 is 0 Å². The fourth-order valence-electron chi connectivity index (χ4n) is 1.76. The SMILES string of the molecule is Cl.Cl.O=C(Nc1cccnc1)C1CCCNC1. The summed E-state index contributed by atoms with van der Waals surface area (Å²) in [5, 5.41) is 6.10. The average Bonchev–Trinajstić information content (AvgIpc) is 2.31. The zero-order valence-electron chi connectivity index (χ0n) is 9.39. The van der Waals surface area contributed by atoms with E-state index in [4.69, 9.17) is 0 Å². The number of amides is 1. The van der Waals surface area contributed by atoms with E-state index in [1.807, 2.05) is 12.1 Å². The number of hydrogen-bond acceptors (Lipinski definition) is 3. The Morgan fingerprint density at radius 3 is 2.88 bits per heavy atom. The first-order valence-corrected chi connectivity index (χ1v) is 5.28. The Hall–Kier alpha value is -0.840. The van der Waals surface area contributed by atoms with E-state index in [9.17, 15) is 4.79 Å². The van der Waals surface area contributed by atoms with Gasteiger partial charge in [-0.25, -0.2) is 0 Å². The highest BCUT2D eigenvalue weighted by atomic mass is 35.5. The lowest BCUT2D eigenvalue weighted by Crippen LogP contribution is -2.37. The molecule has 0 aromatic carbocycles. The number of nitrogens with zero attached hydrogens (tertiary/aromatic N) is 1. The Balaban J connectivity index is 0.00000128. The number of rotatable bonds is 2. The Morgan fingerprint density at radius 1 is 1.47 bits per heavy atom. The lowest BCUT2D eigenvalue weighted by Gasteiger charge is -2.21. The summed E-state index contributed by atoms with van der Waals surface area (Å²) >= 11 is 0. The van der Waals surface area contributed by atoms with Crippen molar-refractivity contribution in [3.63, 3.8) is 0 Å². The van der Waals surface area contributed by atoms with Crippen LogP contribution in [0.15, 0.2) is 24.5 Å². The van der Waals surface area contributed by atoms with Gasteiger partial charge in [0.15, 0.2) is 0 Å². The number of aromatic nitrogens is 1. The highest BCUT2D eigenvalue weighted by Crippen LogP contribution is 2.13. The molecular formula is C11H17Cl2N3O. The van der Waals surface area contributed by atoms with Gasteiger partial charge in [-0.05, 0) is 31.5 Å². The number of anilines is 1. The van der Waals surface area contributed by atoms with Gasteiger partial charge in [-0.1, -0.05) is 0 Å². The van der Waals surface area contributed by atoms with E-state index in [0.29, 0.717) is 0 Å². The van der Waals surface area contributed by atoms with Gasteiger partial charge in [0.1, 0.15) is 0 Å². The van der Waals surface area contributed by atoms with Gasteiger partial charge in [0.05, 0.1) is 17.8 Å². The van der Waals surface area contributed by atoms with E-state index >= 15 is 0 Å². The summed E-state index contributed by atoms with van der Waals surface area (Å²) in [5.74, 6) is 0.189. The van der Waals surface area contributed by atoms with Crippen molar-refractivity contribution in [1.29, 1.82) is 0 Å². The number of halogens is 2. The third-order valence-electron chi connectivity index (χ3n) is 2.60. The van der Waals surface area contributed by atoms with Gasteiger partial charge in [0.2, 0.25) is 5.91 Å². The van der Waals surface area contributed by atoms with Crippen LogP contribution in [0, 0.1) is 5.92 Å². The van der Waals surface area contributed by atoms with Crippen molar-refractivity contribution in [2.75, 3.05) is 18.4 Å². The molecule has 2 N–H and O–H groups in total. The van der Waals surface area contributed by atoms with Crippen LogP contribution in [-0.4, -0.2) is 24.0 Å². The maximum Gasteiger partial charge on any atom is 0.228 e. The third kappa shape index (κ3) is 4.89. The molecule has 1 aliphatic rings. The standard InChI is InChI=1S/C11H15N3O.2ClH/c15-11(9-3-1-5-12-7-9)14-10-4-2-6-13-8-10;;/h2,4,6,8-9,12H,1,3,5,7H2,(H,14,15);2*1H. The van der Waals surface area contributed by atoms with Crippen LogP contribution in [-0.2, 0) is 4.79 Å². The van der Waals surface area contributed by atoms with E-state index < -0.39 is 0 Å². The zero-order valence-corrected chi connectivity index (χ0v) is 11.0. The number of carbonyl (C=O) groups is 1. The van der Waals surface area contributed by atoms with Crippen molar-refractivity contribution in [3.05, 3.63) is 24.5 Å². The van der Waals surface area contributed by atoms with Crippen molar-refractivity contribution in [2.45, 2.75) is 12.8 Å². The maximum absolute atomic E-state index is 11.8. The molecule has 1 aromatic heterocycles. The second kappa shape index (κ2) is 8.28. The van der Waals surface area contributed by atoms with Crippen LogP contribution in [0.3, 0.4) is 0 Å². The molecule has 0 spiro atoms. The summed E-state index contributed by atoms with van der Waals surface area (Å²) < 4.78 is 0. The van der Waals surface area contributed by atoms with Crippen LogP contribution in [0.1, 0.15) is 12.8 Å². The van der Waals surface area contributed by atoms with Gasteiger partial charge in [0.25, 0.3) is 0 Å². The predicted octanol–water partition coefficient (Wildman–Crippen LogP) is 1.86. The lowest BCUT2D eigenvalue weighted by atomic mass is 9.99. The van der Waals surface area contributed by atoms with Crippen molar-refractivity contribution < 1.29 is 4.79 Å². The van der Waals surface area contributed by atoms with Crippen LogP contribution in [0.5, 0.6) is 0 Å². The quantitative estimate of drug-likeness (QED) is 0.868. The zero-order chi connectivity index (χ0) is 10.5. The molecule has 1 fully saturated rings. The molecule has 1 aromatic rings. The molecule has 0 saturated carbocycles. The fraction of sp³-hybridized carbons (Fsp3) is 0.455. The Bertz CT molecular complexity index is 329. The summed E-state index contributed by atoms with van der Waals surface area (Å²) in [6, 6.07) is 3.66. The van der Waals surface area contributed by atoms with Crippen LogP contribution in [0.4, 0.5) is 5.69 Å². The van der Waals surface area contributed by atoms with Gasteiger partial charge < -0.3 is 10.6 Å². The van der Waals surface area contributed by atoms with E-state index in [-0.39, 0.29) is 36.6 Å². The summed E-state index contributed by atoms with van der Waals surface area (Å²) in [7, 11) is 0. The third-order valence-corrected chi connectivity index (χ3v) is 2.60. The van der Waals surface area contributed by atoms with Crippen LogP contribution in [0.2, 0.25) is 0 Å². The van der Waals surface area contributed by atoms with Gasteiger partial charge in [-0.2, -0.15) is 0 Å². The van der Waals surface area contributed by atoms with Crippen molar-refractivity contribution in [1.82, 2.24) is 10.3 Å². The van der Waals surface area contributed by atoms with Crippen LogP contribution >= 0.6 is 24.8 Å². The van der Waals surface area contributed by atoms with Crippen LogP contribution in [0.25, 0.3) is 0 Å². The summed E-state index contributed by atoms with van der Waals surface area (Å²) in [4.78, 5) is 15.7. The first-order chi connectivity index (χ1) is 7.36. The second-order valence-corrected chi connectivity index (χ2v) is 3.77. The topological polar surface area (TPSA) is 54.0 Å². The van der Waals surface area contributed by atoms with Gasteiger partial charge in [0, 0.05) is 12.7 Å². The molecule has 1 unspecified atom stereocenters. The first-order valence-electron chi connectivity index (χ1n) is 5.28. The number of hydrogen-bond donors (Lipinski definition) is 2. The van der Waals surface area contributed by atoms with E-state index in [1.54, 1.807) is 12.4 Å². The Labute approximate surface area is 113 Å². The molecule has 17 heavy (non-hydrogen) atoms. The molecule has 2 heterocycles.